The minimum atomic E-state index is 0.264. The van der Waals surface area contributed by atoms with Gasteiger partial charge in [0.1, 0.15) is 0 Å². The van der Waals surface area contributed by atoms with E-state index in [2.05, 4.69) is 50.5 Å². The highest BCUT2D eigenvalue weighted by atomic mass is 79.9. The van der Waals surface area contributed by atoms with Crippen molar-refractivity contribution in [3.05, 3.63) is 0 Å². The summed E-state index contributed by atoms with van der Waals surface area (Å²) in [5.41, 5.74) is 0.390. The Kier molecular flexibility index (Phi) is 6.35. The van der Waals surface area contributed by atoms with Gasteiger partial charge in [-0.3, -0.25) is 4.79 Å². The fourth-order valence-corrected chi connectivity index (χ4v) is 3.54. The second-order valence-corrected chi connectivity index (χ2v) is 8.02. The van der Waals surface area contributed by atoms with Gasteiger partial charge in [-0.15, -0.1) is 0 Å². The van der Waals surface area contributed by atoms with E-state index in [-0.39, 0.29) is 5.92 Å². The zero-order valence-corrected chi connectivity index (χ0v) is 14.8. The standard InChI is InChI=1S/C16H30BrNO/c1-12(2)18(11-10-17)15(19)13-6-8-14(9-7-13)16(3,4)5/h12-14H,6-11H2,1-5H3. The van der Waals surface area contributed by atoms with Crippen molar-refractivity contribution in [2.45, 2.75) is 66.3 Å². The van der Waals surface area contributed by atoms with Crippen molar-refractivity contribution in [3.8, 4) is 0 Å². The second-order valence-electron chi connectivity index (χ2n) is 7.23. The molecular formula is C16H30BrNO. The summed E-state index contributed by atoms with van der Waals surface area (Å²) in [5.74, 6) is 1.42. The molecule has 1 aliphatic rings. The molecule has 2 nitrogen and oxygen atoms in total. The Bertz CT molecular complexity index is 288. The fourth-order valence-electron chi connectivity index (χ4n) is 3.15. The first kappa shape index (κ1) is 17.0. The first-order valence-electron chi connectivity index (χ1n) is 7.63. The van der Waals surface area contributed by atoms with E-state index in [0.717, 1.165) is 30.6 Å². The highest BCUT2D eigenvalue weighted by molar-refractivity contribution is 9.09. The Morgan fingerprint density at radius 2 is 1.74 bits per heavy atom. The van der Waals surface area contributed by atoms with Crippen molar-refractivity contribution in [2.75, 3.05) is 11.9 Å². The van der Waals surface area contributed by atoms with Crippen LogP contribution >= 0.6 is 15.9 Å². The topological polar surface area (TPSA) is 20.3 Å². The molecule has 1 fully saturated rings. The van der Waals surface area contributed by atoms with Crippen LogP contribution in [0.15, 0.2) is 0 Å². The zero-order valence-electron chi connectivity index (χ0n) is 13.2. The summed E-state index contributed by atoms with van der Waals surface area (Å²) in [6.07, 6.45) is 4.57. The van der Waals surface area contributed by atoms with Crippen LogP contribution in [0.4, 0.5) is 0 Å². The maximum Gasteiger partial charge on any atom is 0.225 e. The SMILES string of the molecule is CC(C)N(CCBr)C(=O)C1CCC(C(C)(C)C)CC1. The molecule has 1 saturated carbocycles. The molecule has 0 heterocycles. The van der Waals surface area contributed by atoms with Gasteiger partial charge in [0.05, 0.1) is 0 Å². The van der Waals surface area contributed by atoms with E-state index >= 15 is 0 Å². The maximum absolute atomic E-state index is 12.6. The first-order valence-corrected chi connectivity index (χ1v) is 8.76. The molecule has 1 aliphatic carbocycles. The molecule has 1 amide bonds. The predicted octanol–water partition coefficient (Wildman–Crippen LogP) is 4.47. The lowest BCUT2D eigenvalue weighted by Crippen LogP contribution is -2.43. The smallest absolute Gasteiger partial charge is 0.225 e. The Morgan fingerprint density at radius 1 is 1.21 bits per heavy atom. The highest BCUT2D eigenvalue weighted by Crippen LogP contribution is 2.40. The van der Waals surface area contributed by atoms with Gasteiger partial charge in [-0.2, -0.15) is 0 Å². The van der Waals surface area contributed by atoms with Crippen LogP contribution in [-0.2, 0) is 4.79 Å². The third kappa shape index (κ3) is 4.77. The molecule has 0 aromatic rings. The van der Waals surface area contributed by atoms with Crippen LogP contribution in [0, 0.1) is 17.3 Å². The third-order valence-electron chi connectivity index (χ3n) is 4.53. The number of alkyl halides is 1. The van der Waals surface area contributed by atoms with E-state index in [1.54, 1.807) is 0 Å². The molecule has 0 atom stereocenters. The molecule has 0 bridgehead atoms. The number of amides is 1. The molecule has 0 N–H and O–H groups in total. The van der Waals surface area contributed by atoms with Crippen molar-refractivity contribution in [1.82, 2.24) is 4.90 Å². The molecular weight excluding hydrogens is 302 g/mol. The summed E-state index contributed by atoms with van der Waals surface area (Å²) >= 11 is 3.45. The monoisotopic (exact) mass is 331 g/mol. The van der Waals surface area contributed by atoms with Gasteiger partial charge in [-0.25, -0.2) is 0 Å². The molecule has 0 aromatic heterocycles. The van der Waals surface area contributed by atoms with Gasteiger partial charge in [0.2, 0.25) is 5.91 Å². The van der Waals surface area contributed by atoms with Crippen molar-refractivity contribution in [1.29, 1.82) is 0 Å². The normalized spacial score (nSPS) is 24.6. The predicted molar refractivity (Wildman–Crippen MR) is 85.5 cm³/mol. The second kappa shape index (κ2) is 7.10. The molecule has 19 heavy (non-hydrogen) atoms. The van der Waals surface area contributed by atoms with Gasteiger partial charge >= 0.3 is 0 Å². The average Bonchev–Trinajstić information content (AvgIpc) is 2.34. The van der Waals surface area contributed by atoms with Crippen LogP contribution in [0.25, 0.3) is 0 Å². The minimum absolute atomic E-state index is 0.264. The lowest BCUT2D eigenvalue weighted by Gasteiger charge is -2.38. The molecule has 1 rings (SSSR count). The van der Waals surface area contributed by atoms with Crippen LogP contribution in [0.5, 0.6) is 0 Å². The summed E-state index contributed by atoms with van der Waals surface area (Å²) in [6, 6.07) is 0.311. The number of hydrogen-bond acceptors (Lipinski definition) is 1. The largest absolute Gasteiger partial charge is 0.339 e. The van der Waals surface area contributed by atoms with E-state index in [4.69, 9.17) is 0 Å². The van der Waals surface area contributed by atoms with Crippen LogP contribution in [0.2, 0.25) is 0 Å². The first-order chi connectivity index (χ1) is 8.77. The Morgan fingerprint density at radius 3 is 2.11 bits per heavy atom. The molecule has 112 valence electrons. The van der Waals surface area contributed by atoms with Gasteiger partial charge in [-0.05, 0) is 50.9 Å². The van der Waals surface area contributed by atoms with E-state index in [1.807, 2.05) is 4.90 Å². The molecule has 0 saturated heterocycles. The number of carbonyl (C=O) groups is 1. The third-order valence-corrected chi connectivity index (χ3v) is 4.89. The molecule has 3 heteroatoms. The van der Waals surface area contributed by atoms with Crippen molar-refractivity contribution in [3.63, 3.8) is 0 Å². The van der Waals surface area contributed by atoms with Gasteiger partial charge in [-0.1, -0.05) is 36.7 Å². The average molecular weight is 332 g/mol. The molecule has 0 unspecified atom stereocenters. The fraction of sp³-hybridized carbons (Fsp3) is 0.938. The van der Waals surface area contributed by atoms with Gasteiger partial charge in [0.25, 0.3) is 0 Å². The number of rotatable bonds is 4. The minimum Gasteiger partial charge on any atom is -0.339 e. The molecule has 0 aliphatic heterocycles. The number of nitrogens with zero attached hydrogens (tertiary/aromatic N) is 1. The molecule has 0 radical (unpaired) electrons. The van der Waals surface area contributed by atoms with Crippen LogP contribution < -0.4 is 0 Å². The van der Waals surface area contributed by atoms with Crippen LogP contribution in [0.1, 0.15) is 60.3 Å². The Labute approximate surface area is 127 Å². The van der Waals surface area contributed by atoms with Crippen molar-refractivity contribution >= 4 is 21.8 Å². The summed E-state index contributed by atoms with van der Waals surface area (Å²) in [7, 11) is 0. The summed E-state index contributed by atoms with van der Waals surface area (Å²) in [6.45, 7) is 12.0. The van der Waals surface area contributed by atoms with Crippen molar-refractivity contribution in [2.24, 2.45) is 17.3 Å². The van der Waals surface area contributed by atoms with Gasteiger partial charge < -0.3 is 4.90 Å². The summed E-state index contributed by atoms with van der Waals surface area (Å²) in [5, 5.41) is 0.869. The number of halogens is 1. The zero-order chi connectivity index (χ0) is 14.6. The molecule has 0 spiro atoms. The number of carbonyl (C=O) groups excluding carboxylic acids is 1. The highest BCUT2D eigenvalue weighted by Gasteiger charge is 2.34. The van der Waals surface area contributed by atoms with Gasteiger partial charge in [0.15, 0.2) is 0 Å². The van der Waals surface area contributed by atoms with E-state index in [0.29, 0.717) is 17.4 Å². The Hall–Kier alpha value is -0.0500. The van der Waals surface area contributed by atoms with Gasteiger partial charge in [0, 0.05) is 23.8 Å². The number of hydrogen-bond donors (Lipinski definition) is 0. The lowest BCUT2D eigenvalue weighted by atomic mass is 9.69. The molecule has 0 aromatic carbocycles. The quantitative estimate of drug-likeness (QED) is 0.696. The lowest BCUT2D eigenvalue weighted by molar-refractivity contribution is -0.138. The van der Waals surface area contributed by atoms with E-state index < -0.39 is 0 Å². The summed E-state index contributed by atoms with van der Waals surface area (Å²) < 4.78 is 0. The van der Waals surface area contributed by atoms with Crippen LogP contribution in [0.3, 0.4) is 0 Å². The van der Waals surface area contributed by atoms with E-state index in [1.165, 1.54) is 12.8 Å². The van der Waals surface area contributed by atoms with Crippen LogP contribution in [-0.4, -0.2) is 28.7 Å². The maximum atomic E-state index is 12.6. The summed E-state index contributed by atoms with van der Waals surface area (Å²) in [4.78, 5) is 14.6. The van der Waals surface area contributed by atoms with Crippen molar-refractivity contribution < 1.29 is 4.79 Å². The Balaban J connectivity index is 2.56. The van der Waals surface area contributed by atoms with E-state index in [9.17, 15) is 4.79 Å².